The lowest BCUT2D eigenvalue weighted by Gasteiger charge is -2.14. The number of ether oxygens (including phenoxy) is 1. The standard InChI is InChI=1S/C13H9ClF3NO2/c14-9-5-8(7-19)12(18-6-9)10-3-1-2-4-11(10)20-13(15,16)17/h1-6,19H,7H2. The molecule has 7 heteroatoms. The van der Waals surface area contributed by atoms with E-state index >= 15 is 0 Å². The van der Waals surface area contributed by atoms with Crippen molar-refractivity contribution >= 4 is 11.6 Å². The summed E-state index contributed by atoms with van der Waals surface area (Å²) < 4.78 is 41.1. The number of halogens is 4. The van der Waals surface area contributed by atoms with E-state index in [0.717, 1.165) is 0 Å². The summed E-state index contributed by atoms with van der Waals surface area (Å²) in [5.41, 5.74) is 0.637. The van der Waals surface area contributed by atoms with Crippen LogP contribution in [0.25, 0.3) is 11.3 Å². The zero-order valence-electron chi connectivity index (χ0n) is 9.99. The van der Waals surface area contributed by atoms with Crippen LogP contribution in [0.15, 0.2) is 36.5 Å². The van der Waals surface area contributed by atoms with E-state index < -0.39 is 13.0 Å². The summed E-state index contributed by atoms with van der Waals surface area (Å²) >= 11 is 5.74. The maximum atomic E-state index is 12.4. The van der Waals surface area contributed by atoms with Gasteiger partial charge in [0.2, 0.25) is 0 Å². The molecule has 1 heterocycles. The van der Waals surface area contributed by atoms with E-state index in [1.54, 1.807) is 6.07 Å². The van der Waals surface area contributed by atoms with Gasteiger partial charge in [-0.05, 0) is 18.2 Å². The fourth-order valence-electron chi connectivity index (χ4n) is 1.72. The van der Waals surface area contributed by atoms with Crippen LogP contribution in [0, 0.1) is 0 Å². The molecule has 0 saturated carbocycles. The molecule has 0 fully saturated rings. The second-order valence-corrected chi connectivity index (χ2v) is 4.30. The van der Waals surface area contributed by atoms with E-state index in [2.05, 4.69) is 9.72 Å². The minimum absolute atomic E-state index is 0.130. The SMILES string of the molecule is OCc1cc(Cl)cnc1-c1ccccc1OC(F)(F)F. The average Bonchev–Trinajstić information content (AvgIpc) is 2.38. The molecule has 20 heavy (non-hydrogen) atoms. The molecule has 3 nitrogen and oxygen atoms in total. The first-order valence-corrected chi connectivity index (χ1v) is 5.89. The number of hydrogen-bond donors (Lipinski definition) is 1. The lowest BCUT2D eigenvalue weighted by molar-refractivity contribution is -0.274. The lowest BCUT2D eigenvalue weighted by Crippen LogP contribution is -2.17. The third-order valence-electron chi connectivity index (χ3n) is 2.47. The molecule has 0 bridgehead atoms. The molecular formula is C13H9ClF3NO2. The number of rotatable bonds is 3. The van der Waals surface area contributed by atoms with E-state index in [-0.39, 0.29) is 22.0 Å². The van der Waals surface area contributed by atoms with Crippen LogP contribution in [0.1, 0.15) is 5.56 Å². The Morgan fingerprint density at radius 2 is 1.95 bits per heavy atom. The van der Waals surface area contributed by atoms with Crippen LogP contribution in [0.4, 0.5) is 13.2 Å². The molecule has 106 valence electrons. The summed E-state index contributed by atoms with van der Waals surface area (Å²) in [4.78, 5) is 3.97. The number of aliphatic hydroxyl groups is 1. The van der Waals surface area contributed by atoms with Crippen molar-refractivity contribution in [2.45, 2.75) is 13.0 Å². The van der Waals surface area contributed by atoms with Gasteiger partial charge in [-0.3, -0.25) is 4.98 Å². The molecule has 0 aliphatic heterocycles. The highest BCUT2D eigenvalue weighted by Gasteiger charge is 2.32. The molecule has 0 aliphatic carbocycles. The van der Waals surface area contributed by atoms with Crippen LogP contribution >= 0.6 is 11.6 Å². The maximum Gasteiger partial charge on any atom is 0.573 e. The van der Waals surface area contributed by atoms with Gasteiger partial charge in [-0.1, -0.05) is 23.7 Å². The van der Waals surface area contributed by atoms with E-state index in [9.17, 15) is 18.3 Å². The highest BCUT2D eigenvalue weighted by molar-refractivity contribution is 6.30. The quantitative estimate of drug-likeness (QED) is 0.938. The fourth-order valence-corrected chi connectivity index (χ4v) is 1.90. The number of aliphatic hydroxyl groups excluding tert-OH is 1. The summed E-state index contributed by atoms with van der Waals surface area (Å²) in [6, 6.07) is 7.01. The van der Waals surface area contributed by atoms with E-state index in [1.165, 1.54) is 30.5 Å². The van der Waals surface area contributed by atoms with Gasteiger partial charge in [0.25, 0.3) is 0 Å². The summed E-state index contributed by atoms with van der Waals surface area (Å²) in [5, 5.41) is 9.55. The monoisotopic (exact) mass is 303 g/mol. The topological polar surface area (TPSA) is 42.4 Å². The Morgan fingerprint density at radius 1 is 1.25 bits per heavy atom. The van der Waals surface area contributed by atoms with Crippen LogP contribution in [0.3, 0.4) is 0 Å². The number of para-hydroxylation sites is 1. The van der Waals surface area contributed by atoms with Gasteiger partial charge >= 0.3 is 6.36 Å². The largest absolute Gasteiger partial charge is 0.573 e. The Labute approximate surface area is 117 Å². The second-order valence-electron chi connectivity index (χ2n) is 3.86. The summed E-state index contributed by atoms with van der Waals surface area (Å²) in [5.74, 6) is -0.385. The van der Waals surface area contributed by atoms with Gasteiger partial charge in [0.15, 0.2) is 0 Å². The van der Waals surface area contributed by atoms with Gasteiger partial charge in [-0.25, -0.2) is 0 Å². The van der Waals surface area contributed by atoms with Gasteiger partial charge < -0.3 is 9.84 Å². The van der Waals surface area contributed by atoms with Gasteiger partial charge in [0, 0.05) is 17.3 Å². The van der Waals surface area contributed by atoms with Crippen molar-refractivity contribution in [2.24, 2.45) is 0 Å². The first-order chi connectivity index (χ1) is 9.40. The zero-order valence-corrected chi connectivity index (χ0v) is 10.7. The van der Waals surface area contributed by atoms with Crippen molar-refractivity contribution in [1.82, 2.24) is 4.98 Å². The minimum Gasteiger partial charge on any atom is -0.405 e. The predicted molar refractivity (Wildman–Crippen MR) is 67.3 cm³/mol. The molecule has 2 aromatic rings. The fraction of sp³-hybridized carbons (Fsp3) is 0.154. The molecule has 0 aliphatic rings. The van der Waals surface area contributed by atoms with Gasteiger partial charge in [-0.15, -0.1) is 13.2 Å². The van der Waals surface area contributed by atoms with E-state index in [0.29, 0.717) is 5.56 Å². The first-order valence-electron chi connectivity index (χ1n) is 5.51. The third kappa shape index (κ3) is 3.40. The van der Waals surface area contributed by atoms with Crippen LogP contribution in [-0.4, -0.2) is 16.5 Å². The summed E-state index contributed by atoms with van der Waals surface area (Å²) in [7, 11) is 0. The van der Waals surface area contributed by atoms with E-state index in [4.69, 9.17) is 11.6 Å². The van der Waals surface area contributed by atoms with Crippen LogP contribution in [-0.2, 0) is 6.61 Å². The number of pyridine rings is 1. The number of hydrogen-bond acceptors (Lipinski definition) is 3. The van der Waals surface area contributed by atoms with Crippen LogP contribution in [0.5, 0.6) is 5.75 Å². The average molecular weight is 304 g/mol. The highest BCUT2D eigenvalue weighted by Crippen LogP contribution is 2.34. The molecule has 0 saturated heterocycles. The van der Waals surface area contributed by atoms with Gasteiger partial charge in [-0.2, -0.15) is 0 Å². The van der Waals surface area contributed by atoms with Crippen molar-refractivity contribution in [3.05, 3.63) is 47.1 Å². The second kappa shape index (κ2) is 5.68. The Kier molecular flexibility index (Phi) is 4.15. The zero-order chi connectivity index (χ0) is 14.8. The number of alkyl halides is 3. The predicted octanol–water partition coefficient (Wildman–Crippen LogP) is 3.79. The molecule has 0 spiro atoms. The lowest BCUT2D eigenvalue weighted by atomic mass is 10.1. The van der Waals surface area contributed by atoms with Crippen molar-refractivity contribution < 1.29 is 23.0 Å². The van der Waals surface area contributed by atoms with Crippen molar-refractivity contribution in [2.75, 3.05) is 0 Å². The van der Waals surface area contributed by atoms with Crippen molar-refractivity contribution in [3.63, 3.8) is 0 Å². The molecule has 1 aromatic carbocycles. The van der Waals surface area contributed by atoms with Crippen molar-refractivity contribution in [1.29, 1.82) is 0 Å². The Hall–Kier alpha value is -1.79. The molecule has 0 unspecified atom stereocenters. The molecule has 0 radical (unpaired) electrons. The first kappa shape index (κ1) is 14.6. The molecule has 1 N–H and O–H groups in total. The highest BCUT2D eigenvalue weighted by atomic mass is 35.5. The molecule has 1 aromatic heterocycles. The Balaban J connectivity index is 2.53. The molecular weight excluding hydrogens is 295 g/mol. The number of aromatic nitrogens is 1. The van der Waals surface area contributed by atoms with Gasteiger partial charge in [0.05, 0.1) is 17.3 Å². The third-order valence-corrected chi connectivity index (χ3v) is 2.68. The van der Waals surface area contributed by atoms with Gasteiger partial charge in [0.1, 0.15) is 5.75 Å². The minimum atomic E-state index is -4.80. The molecule has 0 atom stereocenters. The number of benzene rings is 1. The van der Waals surface area contributed by atoms with Crippen LogP contribution < -0.4 is 4.74 Å². The normalized spacial score (nSPS) is 11.4. The van der Waals surface area contributed by atoms with Crippen molar-refractivity contribution in [3.8, 4) is 17.0 Å². The summed E-state index contributed by atoms with van der Waals surface area (Å²) in [6.07, 6.45) is -3.51. The molecule has 0 amide bonds. The number of nitrogens with zero attached hydrogens (tertiary/aromatic N) is 1. The molecule has 2 rings (SSSR count). The summed E-state index contributed by atoms with van der Waals surface area (Å²) in [6.45, 7) is -0.400. The Bertz CT molecular complexity index is 617. The van der Waals surface area contributed by atoms with E-state index in [1.807, 2.05) is 0 Å². The van der Waals surface area contributed by atoms with Crippen LogP contribution in [0.2, 0.25) is 5.02 Å². The maximum absolute atomic E-state index is 12.4. The Morgan fingerprint density at radius 3 is 2.60 bits per heavy atom. The smallest absolute Gasteiger partial charge is 0.405 e.